The van der Waals surface area contributed by atoms with Crippen molar-refractivity contribution >= 4 is 18.2 Å². The molecule has 5 N–H and O–H groups in total. The third-order valence-corrected chi connectivity index (χ3v) is 8.77. The van der Waals surface area contributed by atoms with Gasteiger partial charge in [0.05, 0.1) is 25.6 Å². The number of carboxylic acid groups (broad SMARTS) is 1. The number of hydrogen-bond donors (Lipinski definition) is 4. The quantitative estimate of drug-likeness (QED) is 0.177. The van der Waals surface area contributed by atoms with Gasteiger partial charge in [0.2, 0.25) is 0 Å². The fraction of sp³-hybridized carbons (Fsp3) is 0.773. The van der Waals surface area contributed by atoms with Gasteiger partial charge in [0.15, 0.2) is 6.29 Å². The van der Waals surface area contributed by atoms with Crippen molar-refractivity contribution in [3.8, 4) is 0 Å². The number of aliphatic carboxylic acids is 1. The van der Waals surface area contributed by atoms with Crippen LogP contribution in [0.2, 0.25) is 0 Å². The predicted molar refractivity (Wildman–Crippen MR) is 109 cm³/mol. The minimum atomic E-state index is -1.96. The Bertz CT molecular complexity index is 811. The summed E-state index contributed by atoms with van der Waals surface area (Å²) in [5, 5.41) is 26.2. The second-order valence-electron chi connectivity index (χ2n) is 9.87. The number of nitrogens with two attached hydrogens (primary N) is 1. The number of aliphatic hydroxyl groups is 1. The number of carbonyl (C=O) groups excluding carboxylic acids is 2. The molecule has 0 aromatic carbocycles. The minimum Gasteiger partial charge on any atom is -0.545 e. The van der Waals surface area contributed by atoms with Crippen molar-refractivity contribution in [2.24, 2.45) is 33.4 Å². The van der Waals surface area contributed by atoms with Crippen LogP contribution in [0.15, 0.2) is 16.1 Å². The van der Waals surface area contributed by atoms with Crippen LogP contribution in [0, 0.1) is 22.7 Å². The molecule has 166 valence electrons. The van der Waals surface area contributed by atoms with Gasteiger partial charge < -0.3 is 26.1 Å². The lowest BCUT2D eigenvalue weighted by atomic mass is 9.48. The molecule has 1 unspecified atom stereocenters. The van der Waals surface area contributed by atoms with Crippen molar-refractivity contribution in [2.75, 3.05) is 33.2 Å². The summed E-state index contributed by atoms with van der Waals surface area (Å²) in [5.74, 6) is -0.266. The molecular formula is C22H34N4O4. The molecule has 4 rings (SSSR count). The van der Waals surface area contributed by atoms with E-state index in [2.05, 4.69) is 17.2 Å². The minimum absolute atomic E-state index is 0.157. The van der Waals surface area contributed by atoms with Crippen LogP contribution in [0.1, 0.15) is 45.4 Å². The van der Waals surface area contributed by atoms with Crippen molar-refractivity contribution < 1.29 is 24.7 Å². The van der Waals surface area contributed by atoms with Crippen LogP contribution >= 0.6 is 0 Å². The van der Waals surface area contributed by atoms with E-state index in [1.807, 2.05) is 7.05 Å². The van der Waals surface area contributed by atoms with Crippen molar-refractivity contribution in [1.29, 1.82) is 0 Å². The SMILES string of the molecule is CNCCN=C(N)[NH+]1CCC[C@@]2(C1)[C@@H]1CC[C@@H](C)[C@]23C[C@](O)(C=O)C(C(=O)[O-])=C3C1. The van der Waals surface area contributed by atoms with Crippen LogP contribution in [0.25, 0.3) is 0 Å². The maximum absolute atomic E-state index is 12.1. The Balaban J connectivity index is 1.79. The van der Waals surface area contributed by atoms with Gasteiger partial charge in [0.25, 0.3) is 5.96 Å². The number of likely N-dealkylation sites (N-methyl/N-ethyl adjacent to an activating group) is 1. The Kier molecular flexibility index (Phi) is 5.31. The summed E-state index contributed by atoms with van der Waals surface area (Å²) in [7, 11) is 1.88. The molecule has 3 aliphatic carbocycles. The van der Waals surface area contributed by atoms with E-state index >= 15 is 0 Å². The zero-order valence-corrected chi connectivity index (χ0v) is 18.0. The fourth-order valence-electron chi connectivity index (χ4n) is 7.63. The van der Waals surface area contributed by atoms with Gasteiger partial charge in [-0.3, -0.25) is 9.69 Å². The van der Waals surface area contributed by atoms with E-state index in [1.165, 1.54) is 0 Å². The number of allylic oxidation sites excluding steroid dienone is 1. The molecule has 0 radical (unpaired) electrons. The van der Waals surface area contributed by atoms with E-state index in [4.69, 9.17) is 5.73 Å². The molecule has 2 saturated carbocycles. The normalized spacial score (nSPS) is 43.2. The summed E-state index contributed by atoms with van der Waals surface area (Å²) in [5.41, 5.74) is 4.38. The number of carboxylic acids is 1. The Labute approximate surface area is 177 Å². The first-order valence-corrected chi connectivity index (χ1v) is 11.2. The lowest BCUT2D eigenvalue weighted by Gasteiger charge is -2.57. The van der Waals surface area contributed by atoms with Crippen LogP contribution in [-0.4, -0.2) is 62.1 Å². The maximum Gasteiger partial charge on any atom is 0.293 e. The fourth-order valence-corrected chi connectivity index (χ4v) is 7.63. The van der Waals surface area contributed by atoms with Crippen LogP contribution in [0.3, 0.4) is 0 Å². The number of carbonyl (C=O) groups is 2. The average Bonchev–Trinajstić information content (AvgIpc) is 3.06. The highest BCUT2D eigenvalue weighted by atomic mass is 16.4. The van der Waals surface area contributed by atoms with Crippen LogP contribution < -0.4 is 21.1 Å². The smallest absolute Gasteiger partial charge is 0.293 e. The largest absolute Gasteiger partial charge is 0.545 e. The summed E-state index contributed by atoms with van der Waals surface area (Å²) in [6.07, 6.45) is 5.16. The average molecular weight is 419 g/mol. The van der Waals surface area contributed by atoms with E-state index < -0.39 is 17.0 Å². The molecule has 1 saturated heterocycles. The standard InChI is InChI=1S/C22H34N4O4/c1-14-4-5-15-10-16-17(18(28)29)21(30,13-27)11-22(14,16)20(15)6-3-9-26(12-20)19(23)25-8-7-24-2/h13-15,24,30H,3-12H2,1-2H3,(H2,23,25)(H,28,29)/t14-,15-,20-,21+,22+/m1/s1. The molecule has 3 fully saturated rings. The molecule has 4 aliphatic rings. The van der Waals surface area contributed by atoms with Crippen LogP contribution in [0.5, 0.6) is 0 Å². The summed E-state index contributed by atoms with van der Waals surface area (Å²) in [6.45, 7) is 5.21. The number of aliphatic imine (C=N–C) groups is 1. The topological polar surface area (TPSA) is 132 Å². The molecule has 1 heterocycles. The summed E-state index contributed by atoms with van der Waals surface area (Å²) in [6, 6.07) is 0. The van der Waals surface area contributed by atoms with Crippen molar-refractivity contribution in [3.05, 3.63) is 11.1 Å². The van der Waals surface area contributed by atoms with E-state index in [1.54, 1.807) is 0 Å². The molecule has 0 aromatic heterocycles. The molecule has 0 amide bonds. The zero-order valence-electron chi connectivity index (χ0n) is 18.0. The van der Waals surface area contributed by atoms with Gasteiger partial charge in [-0.2, -0.15) is 0 Å². The lowest BCUT2D eigenvalue weighted by molar-refractivity contribution is -0.826. The van der Waals surface area contributed by atoms with E-state index in [0.717, 1.165) is 55.8 Å². The molecule has 30 heavy (non-hydrogen) atoms. The van der Waals surface area contributed by atoms with Crippen LogP contribution in [-0.2, 0) is 9.59 Å². The maximum atomic E-state index is 12.1. The van der Waals surface area contributed by atoms with E-state index in [9.17, 15) is 19.8 Å². The molecule has 2 bridgehead atoms. The molecule has 2 spiro atoms. The molecular weight excluding hydrogens is 384 g/mol. The van der Waals surface area contributed by atoms with Crippen molar-refractivity contribution in [3.63, 3.8) is 0 Å². The summed E-state index contributed by atoms with van der Waals surface area (Å²) >= 11 is 0. The first kappa shape index (κ1) is 21.5. The molecule has 6 atom stereocenters. The molecule has 8 nitrogen and oxygen atoms in total. The number of nitrogens with zero attached hydrogens (tertiary/aromatic N) is 1. The number of likely N-dealkylation sites (tertiary alicyclic amines) is 1. The van der Waals surface area contributed by atoms with Crippen molar-refractivity contribution in [2.45, 2.75) is 51.0 Å². The van der Waals surface area contributed by atoms with Gasteiger partial charge in [0, 0.05) is 22.9 Å². The zero-order chi connectivity index (χ0) is 21.7. The van der Waals surface area contributed by atoms with Gasteiger partial charge in [0.1, 0.15) is 5.60 Å². The summed E-state index contributed by atoms with van der Waals surface area (Å²) < 4.78 is 0. The number of guanidine groups is 1. The van der Waals surface area contributed by atoms with Crippen LogP contribution in [0.4, 0.5) is 0 Å². The molecule has 8 heteroatoms. The van der Waals surface area contributed by atoms with E-state index in [0.29, 0.717) is 31.1 Å². The Hall–Kier alpha value is -1.77. The number of hydrogen-bond acceptors (Lipinski definition) is 6. The number of quaternary nitrogens is 1. The third kappa shape index (κ3) is 2.73. The Morgan fingerprint density at radius 2 is 2.23 bits per heavy atom. The first-order chi connectivity index (χ1) is 14.3. The number of rotatable bonds is 5. The van der Waals surface area contributed by atoms with E-state index in [-0.39, 0.29) is 23.3 Å². The highest BCUT2D eigenvalue weighted by Crippen LogP contribution is 2.75. The first-order valence-electron chi connectivity index (χ1n) is 11.2. The number of nitrogens with one attached hydrogen (secondary N) is 2. The highest BCUT2D eigenvalue weighted by molar-refractivity contribution is 5.96. The monoisotopic (exact) mass is 418 g/mol. The van der Waals surface area contributed by atoms with Gasteiger partial charge in [-0.1, -0.05) is 12.5 Å². The Morgan fingerprint density at radius 3 is 2.90 bits per heavy atom. The highest BCUT2D eigenvalue weighted by Gasteiger charge is 2.73. The second-order valence-corrected chi connectivity index (χ2v) is 9.87. The van der Waals surface area contributed by atoms with Gasteiger partial charge in [-0.05, 0) is 57.4 Å². The Morgan fingerprint density at radius 1 is 1.47 bits per heavy atom. The van der Waals surface area contributed by atoms with Gasteiger partial charge >= 0.3 is 0 Å². The van der Waals surface area contributed by atoms with Gasteiger partial charge in [-0.15, -0.1) is 0 Å². The number of aldehydes is 1. The molecule has 0 aromatic rings. The van der Waals surface area contributed by atoms with Crippen molar-refractivity contribution in [1.82, 2.24) is 5.32 Å². The van der Waals surface area contributed by atoms with Gasteiger partial charge in [-0.25, -0.2) is 4.99 Å². The molecule has 1 aliphatic heterocycles. The summed E-state index contributed by atoms with van der Waals surface area (Å²) in [4.78, 5) is 29.7. The number of piperidine rings is 1. The predicted octanol–water partition coefficient (Wildman–Crippen LogP) is -2.00. The third-order valence-electron chi connectivity index (χ3n) is 8.77. The lowest BCUT2D eigenvalue weighted by Crippen LogP contribution is -3.18. The second kappa shape index (κ2) is 7.43.